The molecular formula is C27H37N3O4. The van der Waals surface area contributed by atoms with Crippen molar-refractivity contribution >= 4 is 17.6 Å². The van der Waals surface area contributed by atoms with Crippen LogP contribution in [0.1, 0.15) is 50.2 Å². The molecule has 0 bridgehead atoms. The van der Waals surface area contributed by atoms with Gasteiger partial charge in [-0.05, 0) is 48.2 Å². The first kappa shape index (κ1) is 25.7. The van der Waals surface area contributed by atoms with E-state index in [0.29, 0.717) is 26.1 Å². The van der Waals surface area contributed by atoms with Crippen LogP contribution in [0.25, 0.3) is 0 Å². The molecule has 0 spiro atoms. The Bertz CT molecular complexity index is 963. The van der Waals surface area contributed by atoms with E-state index in [2.05, 4.69) is 11.8 Å². The molecule has 7 nitrogen and oxygen atoms in total. The number of anilines is 1. The summed E-state index contributed by atoms with van der Waals surface area (Å²) in [4.78, 5) is 29.8. The Morgan fingerprint density at radius 2 is 1.91 bits per heavy atom. The molecule has 0 aromatic heterocycles. The average molecular weight is 468 g/mol. The summed E-state index contributed by atoms with van der Waals surface area (Å²) in [7, 11) is 1.61. The Morgan fingerprint density at radius 3 is 2.50 bits per heavy atom. The maximum absolute atomic E-state index is 13.6. The largest absolute Gasteiger partial charge is 0.497 e. The summed E-state index contributed by atoms with van der Waals surface area (Å²) in [6.45, 7) is 5.84. The second-order valence-corrected chi connectivity index (χ2v) is 8.92. The van der Waals surface area contributed by atoms with Gasteiger partial charge in [0.05, 0.1) is 19.6 Å². The van der Waals surface area contributed by atoms with Crippen LogP contribution in [0.15, 0.2) is 48.5 Å². The SMILES string of the molecule is CCCCN(C(=O)CN1C[C@H](c2ccc(OC)cc2)[C@@H](C(=O)O)[C@@H]1CC)c1cccc(CN)c1. The molecule has 1 saturated heterocycles. The Morgan fingerprint density at radius 1 is 1.18 bits per heavy atom. The highest BCUT2D eigenvalue weighted by Gasteiger charge is 2.46. The number of rotatable bonds is 11. The third-order valence-corrected chi connectivity index (χ3v) is 6.83. The van der Waals surface area contributed by atoms with Gasteiger partial charge in [-0.2, -0.15) is 0 Å². The van der Waals surface area contributed by atoms with Crippen molar-refractivity contribution < 1.29 is 19.4 Å². The monoisotopic (exact) mass is 467 g/mol. The van der Waals surface area contributed by atoms with Gasteiger partial charge in [0.2, 0.25) is 5.91 Å². The highest BCUT2D eigenvalue weighted by molar-refractivity contribution is 5.95. The van der Waals surface area contributed by atoms with Gasteiger partial charge in [-0.15, -0.1) is 0 Å². The molecule has 1 heterocycles. The number of likely N-dealkylation sites (tertiary alicyclic amines) is 1. The lowest BCUT2D eigenvalue weighted by Gasteiger charge is -2.29. The van der Waals surface area contributed by atoms with E-state index in [1.807, 2.05) is 60.4 Å². The average Bonchev–Trinajstić information content (AvgIpc) is 3.22. The van der Waals surface area contributed by atoms with Crippen molar-refractivity contribution in [3.05, 3.63) is 59.7 Å². The molecule has 1 aliphatic heterocycles. The molecule has 34 heavy (non-hydrogen) atoms. The number of unbranched alkanes of at least 4 members (excludes halogenated alkanes) is 1. The van der Waals surface area contributed by atoms with Crippen molar-refractivity contribution in [3.8, 4) is 5.75 Å². The van der Waals surface area contributed by atoms with Gasteiger partial charge >= 0.3 is 5.97 Å². The zero-order valence-corrected chi connectivity index (χ0v) is 20.4. The topological polar surface area (TPSA) is 96.1 Å². The number of carboxylic acids is 1. The van der Waals surface area contributed by atoms with Crippen LogP contribution in [0.5, 0.6) is 5.75 Å². The molecule has 0 unspecified atom stereocenters. The number of carboxylic acid groups (broad SMARTS) is 1. The van der Waals surface area contributed by atoms with Crippen LogP contribution in [0.3, 0.4) is 0 Å². The van der Waals surface area contributed by atoms with Gasteiger partial charge in [0.25, 0.3) is 0 Å². The molecule has 3 rings (SSSR count). The molecular weight excluding hydrogens is 430 g/mol. The molecule has 0 radical (unpaired) electrons. The van der Waals surface area contributed by atoms with Crippen molar-refractivity contribution in [2.75, 3.05) is 31.6 Å². The standard InChI is InChI=1S/C27H37N3O4/c1-4-6-14-30(21-9-7-8-19(15-21)16-28)25(31)18-29-17-23(26(27(32)33)24(29)5-2)20-10-12-22(34-3)13-11-20/h7-13,15,23-24,26H,4-6,14,16-18,28H2,1-3H3,(H,32,33)/t23-,24+,26-/m1/s1. The fraction of sp³-hybridized carbons (Fsp3) is 0.481. The quantitative estimate of drug-likeness (QED) is 0.521. The summed E-state index contributed by atoms with van der Waals surface area (Å²) in [5, 5.41) is 10.1. The molecule has 0 saturated carbocycles. The first-order valence-corrected chi connectivity index (χ1v) is 12.1. The summed E-state index contributed by atoms with van der Waals surface area (Å²) in [5.41, 5.74) is 8.60. The van der Waals surface area contributed by atoms with Gasteiger partial charge in [-0.1, -0.05) is 44.5 Å². The fourth-order valence-electron chi connectivity index (χ4n) is 5.02. The predicted octanol–water partition coefficient (Wildman–Crippen LogP) is 3.87. The summed E-state index contributed by atoms with van der Waals surface area (Å²) in [5.74, 6) is -0.859. The lowest BCUT2D eigenvalue weighted by atomic mass is 9.84. The van der Waals surface area contributed by atoms with E-state index < -0.39 is 11.9 Å². The summed E-state index contributed by atoms with van der Waals surface area (Å²) < 4.78 is 5.25. The number of benzene rings is 2. The number of amides is 1. The number of ether oxygens (including phenoxy) is 1. The number of aliphatic carboxylic acids is 1. The van der Waals surface area contributed by atoms with E-state index in [0.717, 1.165) is 35.4 Å². The number of methoxy groups -OCH3 is 1. The normalized spacial score (nSPS) is 20.3. The van der Waals surface area contributed by atoms with Crippen LogP contribution in [0.2, 0.25) is 0 Å². The van der Waals surface area contributed by atoms with Gasteiger partial charge < -0.3 is 20.5 Å². The minimum atomic E-state index is -0.818. The zero-order chi connectivity index (χ0) is 24.7. The summed E-state index contributed by atoms with van der Waals surface area (Å²) in [6, 6.07) is 15.2. The van der Waals surface area contributed by atoms with Crippen LogP contribution in [0, 0.1) is 5.92 Å². The number of carbonyl (C=O) groups excluding carboxylic acids is 1. The first-order valence-electron chi connectivity index (χ1n) is 12.1. The molecule has 184 valence electrons. The second kappa shape index (κ2) is 12.0. The second-order valence-electron chi connectivity index (χ2n) is 8.92. The summed E-state index contributed by atoms with van der Waals surface area (Å²) >= 11 is 0. The van der Waals surface area contributed by atoms with Gasteiger partial charge in [0.15, 0.2) is 0 Å². The molecule has 1 amide bonds. The highest BCUT2D eigenvalue weighted by Crippen LogP contribution is 2.39. The molecule has 0 aliphatic carbocycles. The van der Waals surface area contributed by atoms with Gasteiger partial charge in [0, 0.05) is 37.3 Å². The zero-order valence-electron chi connectivity index (χ0n) is 20.4. The van der Waals surface area contributed by atoms with Crippen LogP contribution in [-0.4, -0.2) is 54.7 Å². The van der Waals surface area contributed by atoms with E-state index in [9.17, 15) is 14.7 Å². The lowest BCUT2D eigenvalue weighted by Crippen LogP contribution is -2.44. The van der Waals surface area contributed by atoms with Crippen LogP contribution >= 0.6 is 0 Å². The molecule has 2 aromatic rings. The van der Waals surface area contributed by atoms with E-state index >= 15 is 0 Å². The van der Waals surface area contributed by atoms with E-state index in [1.54, 1.807) is 7.11 Å². The number of nitrogens with zero attached hydrogens (tertiary/aromatic N) is 2. The first-order chi connectivity index (χ1) is 16.4. The number of nitrogens with two attached hydrogens (primary N) is 1. The Hall–Kier alpha value is -2.90. The lowest BCUT2D eigenvalue weighted by molar-refractivity contribution is -0.143. The Labute approximate surface area is 202 Å². The van der Waals surface area contributed by atoms with E-state index in [4.69, 9.17) is 10.5 Å². The number of hydrogen-bond acceptors (Lipinski definition) is 5. The molecule has 1 fully saturated rings. The molecule has 2 aromatic carbocycles. The predicted molar refractivity (Wildman–Crippen MR) is 134 cm³/mol. The minimum absolute atomic E-state index is 0.0133. The van der Waals surface area contributed by atoms with Gasteiger partial charge in [-0.25, -0.2) is 0 Å². The van der Waals surface area contributed by atoms with Crippen molar-refractivity contribution in [1.82, 2.24) is 4.90 Å². The van der Waals surface area contributed by atoms with Crippen LogP contribution in [-0.2, 0) is 16.1 Å². The number of hydrogen-bond donors (Lipinski definition) is 2. The minimum Gasteiger partial charge on any atom is -0.497 e. The molecule has 1 aliphatic rings. The molecule has 7 heteroatoms. The summed E-state index contributed by atoms with van der Waals surface area (Å²) in [6.07, 6.45) is 2.53. The number of carbonyl (C=O) groups is 2. The smallest absolute Gasteiger partial charge is 0.308 e. The Balaban J connectivity index is 1.85. The molecule has 3 N–H and O–H groups in total. The van der Waals surface area contributed by atoms with E-state index in [-0.39, 0.29) is 24.4 Å². The maximum atomic E-state index is 13.6. The van der Waals surface area contributed by atoms with E-state index in [1.165, 1.54) is 0 Å². The van der Waals surface area contributed by atoms with Gasteiger partial charge in [-0.3, -0.25) is 14.5 Å². The Kier molecular flexibility index (Phi) is 9.07. The maximum Gasteiger partial charge on any atom is 0.308 e. The highest BCUT2D eigenvalue weighted by atomic mass is 16.5. The van der Waals surface area contributed by atoms with Crippen molar-refractivity contribution in [3.63, 3.8) is 0 Å². The van der Waals surface area contributed by atoms with Crippen LogP contribution in [0.4, 0.5) is 5.69 Å². The van der Waals surface area contributed by atoms with Crippen molar-refractivity contribution in [2.45, 2.75) is 51.6 Å². The van der Waals surface area contributed by atoms with Crippen molar-refractivity contribution in [2.24, 2.45) is 11.7 Å². The fourth-order valence-corrected chi connectivity index (χ4v) is 5.02. The molecule has 3 atom stereocenters. The third-order valence-electron chi connectivity index (χ3n) is 6.83. The third kappa shape index (κ3) is 5.77. The van der Waals surface area contributed by atoms with Gasteiger partial charge in [0.1, 0.15) is 5.75 Å². The van der Waals surface area contributed by atoms with Crippen molar-refractivity contribution in [1.29, 1.82) is 0 Å². The van der Waals surface area contributed by atoms with Crippen LogP contribution < -0.4 is 15.4 Å².